The summed E-state index contributed by atoms with van der Waals surface area (Å²) in [6, 6.07) is 0.147. The van der Waals surface area contributed by atoms with Crippen LogP contribution in [0.15, 0.2) is 48.1 Å². The number of piperidine rings is 1. The minimum atomic E-state index is -0.0807. The van der Waals surface area contributed by atoms with E-state index in [-0.39, 0.29) is 23.8 Å². The highest BCUT2D eigenvalue weighted by molar-refractivity contribution is 7.85. The Kier molecular flexibility index (Phi) is 10.4. The summed E-state index contributed by atoms with van der Waals surface area (Å²) in [7, 11) is 0. The van der Waals surface area contributed by atoms with Gasteiger partial charge in [-0.25, -0.2) is 9.67 Å². The Morgan fingerprint density at radius 2 is 2.03 bits per heavy atom. The average Bonchev–Trinajstić information content (AvgIpc) is 3.27. The SMILES string of the molecule is C/C=C\C(CC/C=C/NC(=O)CC(C)/C=C(\S)C(=O)N1CCCCC1)n1cncn1. The normalized spacial score (nSPS) is 17.4. The van der Waals surface area contributed by atoms with Crippen molar-refractivity contribution in [2.45, 2.75) is 58.4 Å². The van der Waals surface area contributed by atoms with Crippen molar-refractivity contribution in [3.63, 3.8) is 0 Å². The minimum Gasteiger partial charge on any atom is -0.338 e. The fourth-order valence-corrected chi connectivity index (χ4v) is 3.84. The van der Waals surface area contributed by atoms with Gasteiger partial charge in [0.05, 0.1) is 10.9 Å². The van der Waals surface area contributed by atoms with Crippen molar-refractivity contribution >= 4 is 24.4 Å². The fourth-order valence-electron chi connectivity index (χ4n) is 3.44. The molecule has 7 nitrogen and oxygen atoms in total. The lowest BCUT2D eigenvalue weighted by molar-refractivity contribution is -0.127. The van der Waals surface area contributed by atoms with Crippen molar-refractivity contribution in [1.29, 1.82) is 0 Å². The summed E-state index contributed by atoms with van der Waals surface area (Å²) in [4.78, 5) is 30.8. The molecule has 0 radical (unpaired) electrons. The number of nitrogens with zero attached hydrogens (tertiary/aromatic N) is 4. The van der Waals surface area contributed by atoms with Crippen LogP contribution in [-0.4, -0.2) is 44.6 Å². The van der Waals surface area contributed by atoms with Crippen molar-refractivity contribution < 1.29 is 9.59 Å². The first-order chi connectivity index (χ1) is 14.5. The van der Waals surface area contributed by atoms with Crippen LogP contribution in [0.4, 0.5) is 0 Å². The molecule has 1 aromatic rings. The molecule has 1 aliphatic rings. The van der Waals surface area contributed by atoms with Gasteiger partial charge in [0.2, 0.25) is 5.91 Å². The number of aromatic nitrogens is 3. The first kappa shape index (κ1) is 23.9. The van der Waals surface area contributed by atoms with Gasteiger partial charge in [-0.15, -0.1) is 12.6 Å². The van der Waals surface area contributed by atoms with E-state index in [0.717, 1.165) is 38.8 Å². The first-order valence-electron chi connectivity index (χ1n) is 10.6. The van der Waals surface area contributed by atoms with Crippen LogP contribution in [0.2, 0.25) is 0 Å². The number of carbonyl (C=O) groups is 2. The molecule has 164 valence electrons. The summed E-state index contributed by atoms with van der Waals surface area (Å²) in [6.07, 6.45) is 18.0. The third kappa shape index (κ3) is 8.18. The quantitative estimate of drug-likeness (QED) is 0.337. The Morgan fingerprint density at radius 1 is 1.27 bits per heavy atom. The number of nitrogens with one attached hydrogen (secondary N) is 1. The van der Waals surface area contributed by atoms with Gasteiger partial charge in [0.1, 0.15) is 12.7 Å². The molecule has 2 amide bonds. The highest BCUT2D eigenvalue weighted by Crippen LogP contribution is 2.17. The fraction of sp³-hybridized carbons (Fsp3) is 0.545. The van der Waals surface area contributed by atoms with Crippen LogP contribution >= 0.6 is 12.6 Å². The third-order valence-corrected chi connectivity index (χ3v) is 5.33. The second-order valence-electron chi connectivity index (χ2n) is 7.60. The number of hydrogen-bond acceptors (Lipinski definition) is 5. The topological polar surface area (TPSA) is 80.1 Å². The Hall–Kier alpha value is -2.35. The number of thiol groups is 1. The Morgan fingerprint density at radius 3 is 2.70 bits per heavy atom. The first-order valence-corrected chi connectivity index (χ1v) is 11.1. The van der Waals surface area contributed by atoms with E-state index in [1.165, 1.54) is 12.7 Å². The monoisotopic (exact) mass is 431 g/mol. The Balaban J connectivity index is 1.71. The number of carbonyl (C=O) groups excluding carboxylic acids is 2. The number of likely N-dealkylation sites (tertiary alicyclic amines) is 1. The zero-order valence-electron chi connectivity index (χ0n) is 17.9. The van der Waals surface area contributed by atoms with E-state index in [1.807, 2.05) is 35.6 Å². The highest BCUT2D eigenvalue weighted by atomic mass is 32.1. The van der Waals surface area contributed by atoms with Gasteiger partial charge in [-0.2, -0.15) is 5.10 Å². The Labute approximate surface area is 184 Å². The van der Waals surface area contributed by atoms with E-state index < -0.39 is 0 Å². The van der Waals surface area contributed by atoms with Gasteiger partial charge >= 0.3 is 0 Å². The van der Waals surface area contributed by atoms with E-state index in [1.54, 1.807) is 18.6 Å². The van der Waals surface area contributed by atoms with Gasteiger partial charge in [-0.05, 0) is 51.1 Å². The van der Waals surface area contributed by atoms with Crippen molar-refractivity contribution in [3.8, 4) is 0 Å². The van der Waals surface area contributed by atoms with Gasteiger partial charge in [-0.1, -0.05) is 31.2 Å². The highest BCUT2D eigenvalue weighted by Gasteiger charge is 2.19. The molecule has 2 heterocycles. The van der Waals surface area contributed by atoms with Crippen molar-refractivity contribution in [2.24, 2.45) is 5.92 Å². The maximum absolute atomic E-state index is 12.4. The van der Waals surface area contributed by atoms with Crippen LogP contribution in [0.3, 0.4) is 0 Å². The molecule has 1 saturated heterocycles. The molecule has 1 aliphatic heterocycles. The van der Waals surface area contributed by atoms with Crippen LogP contribution in [0, 0.1) is 5.92 Å². The maximum Gasteiger partial charge on any atom is 0.259 e. The van der Waals surface area contributed by atoms with Crippen molar-refractivity contribution in [3.05, 3.63) is 48.1 Å². The molecule has 0 spiro atoms. The standard InChI is InChI=1S/C22H33N5O2S/c1-3-9-19(27-17-23-16-25-27)10-5-6-11-24-21(28)15-18(2)14-20(30)22(29)26-12-7-4-8-13-26/h3,6,9,11,14,16-19,30H,4-5,7-8,10,12-13,15H2,1-2H3,(H,24,28)/b9-3-,11-6+,20-14-. The molecule has 0 aliphatic carbocycles. The predicted octanol–water partition coefficient (Wildman–Crippen LogP) is 3.66. The van der Waals surface area contributed by atoms with E-state index in [9.17, 15) is 9.59 Å². The zero-order valence-corrected chi connectivity index (χ0v) is 18.8. The molecule has 1 N–H and O–H groups in total. The van der Waals surface area contributed by atoms with Crippen LogP contribution in [0.1, 0.15) is 58.4 Å². The lowest BCUT2D eigenvalue weighted by Crippen LogP contribution is -2.35. The molecular formula is C22H33N5O2S. The van der Waals surface area contributed by atoms with Crippen LogP contribution in [0.5, 0.6) is 0 Å². The summed E-state index contributed by atoms with van der Waals surface area (Å²) in [5.74, 6) is -0.179. The minimum absolute atomic E-state index is 0.0340. The summed E-state index contributed by atoms with van der Waals surface area (Å²) < 4.78 is 1.82. The second-order valence-corrected chi connectivity index (χ2v) is 8.08. The second kappa shape index (κ2) is 13.1. The average molecular weight is 432 g/mol. The van der Waals surface area contributed by atoms with Crippen LogP contribution < -0.4 is 5.32 Å². The molecule has 8 heteroatoms. The van der Waals surface area contributed by atoms with Crippen LogP contribution in [0.25, 0.3) is 0 Å². The number of rotatable bonds is 10. The number of hydrogen-bond donors (Lipinski definition) is 2. The third-order valence-electron chi connectivity index (χ3n) is 4.99. The summed E-state index contributed by atoms with van der Waals surface area (Å²) in [5.41, 5.74) is 0. The maximum atomic E-state index is 12.4. The van der Waals surface area contributed by atoms with Crippen LogP contribution in [-0.2, 0) is 9.59 Å². The molecule has 2 atom stereocenters. The van der Waals surface area contributed by atoms with Gasteiger partial charge in [0.25, 0.3) is 5.91 Å². The largest absolute Gasteiger partial charge is 0.338 e. The van der Waals surface area contributed by atoms with E-state index in [0.29, 0.717) is 11.3 Å². The molecule has 2 unspecified atom stereocenters. The Bertz CT molecular complexity index is 752. The number of amides is 2. The summed E-state index contributed by atoms with van der Waals surface area (Å²) >= 11 is 4.36. The van der Waals surface area contributed by atoms with E-state index >= 15 is 0 Å². The predicted molar refractivity (Wildman–Crippen MR) is 122 cm³/mol. The smallest absolute Gasteiger partial charge is 0.259 e. The van der Waals surface area contributed by atoms with Gasteiger partial charge in [-0.3, -0.25) is 9.59 Å². The van der Waals surface area contributed by atoms with Gasteiger partial charge in [0.15, 0.2) is 0 Å². The molecule has 2 rings (SSSR count). The van der Waals surface area contributed by atoms with Crippen molar-refractivity contribution in [2.75, 3.05) is 13.1 Å². The van der Waals surface area contributed by atoms with E-state index in [4.69, 9.17) is 0 Å². The molecule has 0 saturated carbocycles. The van der Waals surface area contributed by atoms with Gasteiger partial charge in [0, 0.05) is 19.5 Å². The van der Waals surface area contributed by atoms with Gasteiger partial charge < -0.3 is 10.2 Å². The molecule has 0 bridgehead atoms. The molecule has 30 heavy (non-hydrogen) atoms. The molecule has 1 fully saturated rings. The molecule has 1 aromatic heterocycles. The molecule has 0 aromatic carbocycles. The summed E-state index contributed by atoms with van der Waals surface area (Å²) in [6.45, 7) is 5.49. The molecular weight excluding hydrogens is 398 g/mol. The summed E-state index contributed by atoms with van der Waals surface area (Å²) in [5, 5.41) is 6.98. The van der Waals surface area contributed by atoms with E-state index in [2.05, 4.69) is 34.1 Å². The lowest BCUT2D eigenvalue weighted by Gasteiger charge is -2.26. The number of allylic oxidation sites excluding steroid dienone is 4. The van der Waals surface area contributed by atoms with Crippen molar-refractivity contribution in [1.82, 2.24) is 25.0 Å². The zero-order chi connectivity index (χ0) is 21.8. The lowest BCUT2D eigenvalue weighted by atomic mass is 10.1.